The molecule has 0 bridgehead atoms. The minimum atomic E-state index is -2.61. The highest BCUT2D eigenvalue weighted by molar-refractivity contribution is 7.71. The highest BCUT2D eigenvalue weighted by Gasteiger charge is 2.27. The van der Waals surface area contributed by atoms with Crippen LogP contribution < -0.4 is 10.8 Å². The molecule has 0 radical (unpaired) electrons. The third kappa shape index (κ3) is 5.27. The van der Waals surface area contributed by atoms with Crippen LogP contribution in [0.2, 0.25) is 0 Å². The monoisotopic (exact) mass is 409 g/mol. The summed E-state index contributed by atoms with van der Waals surface area (Å²) < 4.78 is 22.1. The van der Waals surface area contributed by atoms with Crippen LogP contribution in [0.5, 0.6) is 0 Å². The van der Waals surface area contributed by atoms with Crippen LogP contribution in [0.1, 0.15) is 49.1 Å². The fraction of sp³-hybridized carbons (Fsp3) is 0.444. The Kier molecular flexibility index (Phi) is 6.81. The number of hydrogen-bond acceptors (Lipinski definition) is 7. The Bertz CT molecular complexity index is 838. The van der Waals surface area contributed by atoms with Gasteiger partial charge in [0.25, 0.3) is 0 Å². The van der Waals surface area contributed by atoms with Gasteiger partial charge in [0, 0.05) is 11.6 Å². The third-order valence-corrected chi connectivity index (χ3v) is 6.27. The molecule has 0 spiro atoms. The number of rotatable bonds is 8. The SMILES string of the molecule is O=C(Nc1nccs1)C(CC1CCCC1)c1ccc(C[SH](=O)=O)c(NO)c1. The first-order valence-corrected chi connectivity index (χ1v) is 11.2. The van der Waals surface area contributed by atoms with Crippen LogP contribution in [0, 0.1) is 5.92 Å². The normalized spacial score (nSPS) is 15.8. The number of amides is 1. The summed E-state index contributed by atoms with van der Waals surface area (Å²) in [5.74, 6) is -0.210. The van der Waals surface area contributed by atoms with Gasteiger partial charge in [0.15, 0.2) is 5.13 Å². The van der Waals surface area contributed by atoms with E-state index in [4.69, 9.17) is 0 Å². The first kappa shape index (κ1) is 19.8. The van der Waals surface area contributed by atoms with E-state index >= 15 is 0 Å². The van der Waals surface area contributed by atoms with E-state index in [1.165, 1.54) is 24.2 Å². The van der Waals surface area contributed by atoms with Crippen molar-refractivity contribution in [3.63, 3.8) is 0 Å². The quantitative estimate of drug-likeness (QED) is 0.393. The Morgan fingerprint density at radius 3 is 2.74 bits per heavy atom. The molecule has 1 aliphatic rings. The smallest absolute Gasteiger partial charge is 0.233 e. The molecule has 1 atom stereocenters. The molecule has 1 saturated carbocycles. The number of thiol groups is 1. The fourth-order valence-electron chi connectivity index (χ4n) is 3.64. The number of anilines is 2. The molecular weight excluding hydrogens is 386 g/mol. The van der Waals surface area contributed by atoms with E-state index in [-0.39, 0.29) is 17.6 Å². The molecule has 0 saturated heterocycles. The second kappa shape index (κ2) is 9.29. The van der Waals surface area contributed by atoms with Gasteiger partial charge in [-0.05, 0) is 29.5 Å². The van der Waals surface area contributed by atoms with E-state index < -0.39 is 10.7 Å². The lowest BCUT2D eigenvalue weighted by Gasteiger charge is -2.21. The van der Waals surface area contributed by atoms with Crippen molar-refractivity contribution < 1.29 is 18.4 Å². The molecule has 7 nitrogen and oxygen atoms in total. The zero-order chi connectivity index (χ0) is 19.2. The molecule has 3 N–H and O–H groups in total. The first-order valence-electron chi connectivity index (χ1n) is 8.92. The number of hydrogen-bond donors (Lipinski definition) is 4. The maximum atomic E-state index is 12.9. The van der Waals surface area contributed by atoms with E-state index in [0.717, 1.165) is 24.8 Å². The van der Waals surface area contributed by atoms with Gasteiger partial charge in [0.2, 0.25) is 5.91 Å². The van der Waals surface area contributed by atoms with E-state index in [0.29, 0.717) is 22.3 Å². The summed E-state index contributed by atoms with van der Waals surface area (Å²) in [6.45, 7) is 0. The molecular formula is C18H23N3O4S2. The predicted octanol–water partition coefficient (Wildman–Crippen LogP) is 3.36. The maximum absolute atomic E-state index is 12.9. The summed E-state index contributed by atoms with van der Waals surface area (Å²) >= 11 is 1.36. The maximum Gasteiger partial charge on any atom is 0.233 e. The lowest BCUT2D eigenvalue weighted by molar-refractivity contribution is -0.118. The molecule has 2 aromatic rings. The van der Waals surface area contributed by atoms with Crippen molar-refractivity contribution in [2.24, 2.45) is 5.92 Å². The van der Waals surface area contributed by atoms with Gasteiger partial charge in [-0.25, -0.2) is 13.4 Å². The third-order valence-electron chi connectivity index (χ3n) is 4.98. The van der Waals surface area contributed by atoms with Crippen molar-refractivity contribution in [2.45, 2.75) is 43.8 Å². The van der Waals surface area contributed by atoms with Crippen LogP contribution in [-0.2, 0) is 21.3 Å². The lowest BCUT2D eigenvalue weighted by Crippen LogP contribution is -2.23. The average molecular weight is 410 g/mol. The molecule has 3 rings (SSSR count). The zero-order valence-corrected chi connectivity index (χ0v) is 16.5. The average Bonchev–Trinajstić information content (AvgIpc) is 3.33. The molecule has 1 aromatic carbocycles. The van der Waals surface area contributed by atoms with Crippen molar-refractivity contribution in [2.75, 3.05) is 10.8 Å². The van der Waals surface area contributed by atoms with Gasteiger partial charge in [-0.1, -0.05) is 37.8 Å². The summed E-state index contributed by atoms with van der Waals surface area (Å²) in [6, 6.07) is 5.09. The lowest BCUT2D eigenvalue weighted by atomic mass is 9.86. The second-order valence-corrected chi connectivity index (χ2v) is 8.66. The molecule has 146 valence electrons. The number of carbonyl (C=O) groups excluding carboxylic acids is 1. The first-order chi connectivity index (χ1) is 13.1. The standard InChI is InChI=1S/C18H23N3O4S2/c22-17(20-18-19-7-8-26-18)15(9-12-3-1-2-4-12)13-5-6-14(11-27(24)25)16(10-13)21-23/h5-8,10,12,15,21,23,27H,1-4,9,11H2,(H,19,20,22). The highest BCUT2D eigenvalue weighted by Crippen LogP contribution is 2.36. The summed E-state index contributed by atoms with van der Waals surface area (Å²) in [6.07, 6.45) is 6.95. The molecule has 1 aromatic heterocycles. The number of aromatic nitrogens is 1. The summed E-state index contributed by atoms with van der Waals surface area (Å²) in [7, 11) is -2.61. The Balaban J connectivity index is 1.87. The van der Waals surface area contributed by atoms with Gasteiger partial charge in [-0.3, -0.25) is 15.5 Å². The summed E-state index contributed by atoms with van der Waals surface area (Å²) in [5, 5.41) is 14.6. The number of benzene rings is 1. The largest absolute Gasteiger partial charge is 0.301 e. The second-order valence-electron chi connectivity index (χ2n) is 6.78. The van der Waals surface area contributed by atoms with Crippen LogP contribution in [0.25, 0.3) is 0 Å². The van der Waals surface area contributed by atoms with Gasteiger partial charge in [-0.15, -0.1) is 11.3 Å². The molecule has 9 heteroatoms. The van der Waals surface area contributed by atoms with Crippen LogP contribution in [0.3, 0.4) is 0 Å². The highest BCUT2D eigenvalue weighted by atomic mass is 32.2. The number of nitrogens with zero attached hydrogens (tertiary/aromatic N) is 1. The van der Waals surface area contributed by atoms with Crippen LogP contribution in [0.15, 0.2) is 29.8 Å². The van der Waals surface area contributed by atoms with E-state index in [1.54, 1.807) is 29.8 Å². The summed E-state index contributed by atoms with van der Waals surface area (Å²) in [4.78, 5) is 17.0. The Labute approximate surface area is 163 Å². The summed E-state index contributed by atoms with van der Waals surface area (Å²) in [5.41, 5.74) is 3.59. The molecule has 1 heterocycles. The van der Waals surface area contributed by atoms with Gasteiger partial charge in [0.05, 0.1) is 17.4 Å². The number of carbonyl (C=O) groups is 1. The van der Waals surface area contributed by atoms with Gasteiger partial charge in [-0.2, -0.15) is 0 Å². The van der Waals surface area contributed by atoms with Crippen LogP contribution >= 0.6 is 11.3 Å². The van der Waals surface area contributed by atoms with E-state index in [2.05, 4.69) is 15.8 Å². The Morgan fingerprint density at radius 1 is 1.33 bits per heavy atom. The minimum absolute atomic E-state index is 0.136. The molecule has 0 aliphatic heterocycles. The molecule has 1 amide bonds. The number of thiazole rings is 1. The number of nitrogens with one attached hydrogen (secondary N) is 2. The van der Waals surface area contributed by atoms with E-state index in [9.17, 15) is 18.4 Å². The van der Waals surface area contributed by atoms with Gasteiger partial charge >= 0.3 is 0 Å². The van der Waals surface area contributed by atoms with Gasteiger partial charge < -0.3 is 5.32 Å². The van der Waals surface area contributed by atoms with Crippen molar-refractivity contribution in [3.05, 3.63) is 40.9 Å². The Morgan fingerprint density at radius 2 is 2.11 bits per heavy atom. The predicted molar refractivity (Wildman–Crippen MR) is 106 cm³/mol. The van der Waals surface area contributed by atoms with Crippen molar-refractivity contribution in [3.8, 4) is 0 Å². The minimum Gasteiger partial charge on any atom is -0.301 e. The van der Waals surface area contributed by atoms with E-state index in [1.807, 2.05) is 0 Å². The Hall–Kier alpha value is -1.97. The topological polar surface area (TPSA) is 108 Å². The van der Waals surface area contributed by atoms with Crippen molar-refractivity contribution >= 4 is 38.8 Å². The van der Waals surface area contributed by atoms with Crippen LogP contribution in [0.4, 0.5) is 10.8 Å². The molecule has 1 aliphatic carbocycles. The molecule has 1 unspecified atom stereocenters. The molecule has 1 fully saturated rings. The van der Waals surface area contributed by atoms with Crippen molar-refractivity contribution in [1.82, 2.24) is 4.98 Å². The van der Waals surface area contributed by atoms with Crippen LogP contribution in [-0.4, -0.2) is 24.5 Å². The van der Waals surface area contributed by atoms with Crippen molar-refractivity contribution in [1.29, 1.82) is 0 Å². The van der Waals surface area contributed by atoms with Gasteiger partial charge in [0.1, 0.15) is 10.7 Å². The fourth-order valence-corrected chi connectivity index (χ4v) is 4.73. The zero-order valence-electron chi connectivity index (χ0n) is 14.8. The molecule has 27 heavy (non-hydrogen) atoms.